The molecule has 0 radical (unpaired) electrons. The van der Waals surface area contributed by atoms with Crippen LogP contribution in [-0.4, -0.2) is 11.5 Å². The molecule has 0 saturated carbocycles. The Kier molecular flexibility index (Phi) is 5.07. The van der Waals surface area contributed by atoms with Crippen LogP contribution < -0.4 is 10.1 Å². The van der Waals surface area contributed by atoms with Crippen LogP contribution in [0.5, 0.6) is 5.88 Å². The van der Waals surface area contributed by atoms with E-state index < -0.39 is 0 Å². The van der Waals surface area contributed by atoms with Crippen LogP contribution in [0.4, 0.5) is 4.39 Å². The molecule has 1 atom stereocenters. The predicted molar refractivity (Wildman–Crippen MR) is 77.1 cm³/mol. The summed E-state index contributed by atoms with van der Waals surface area (Å²) in [5.41, 5.74) is 1.63. The Hall–Kier alpha value is -1.94. The molecule has 1 unspecified atom stereocenters. The van der Waals surface area contributed by atoms with Crippen LogP contribution >= 0.6 is 0 Å². The first-order valence-electron chi connectivity index (χ1n) is 6.76. The van der Waals surface area contributed by atoms with E-state index in [0.29, 0.717) is 11.4 Å². The number of nitrogens with one attached hydrogen (secondary N) is 1. The highest BCUT2D eigenvalue weighted by molar-refractivity contribution is 5.21. The molecule has 1 N–H and O–H groups in total. The molecule has 0 bridgehead atoms. The lowest BCUT2D eigenvalue weighted by molar-refractivity contribution is 0.288. The first-order chi connectivity index (χ1) is 9.70. The second-order valence-electron chi connectivity index (χ2n) is 4.59. The summed E-state index contributed by atoms with van der Waals surface area (Å²) in [6.07, 6.45) is 1.78. The summed E-state index contributed by atoms with van der Waals surface area (Å²) in [6, 6.07) is 10.6. The van der Waals surface area contributed by atoms with Crippen LogP contribution in [0, 0.1) is 5.82 Å². The van der Waals surface area contributed by atoms with Gasteiger partial charge in [-0.3, -0.25) is 0 Å². The number of nitrogens with zero attached hydrogens (tertiary/aromatic N) is 1. The Morgan fingerprint density at radius 3 is 2.70 bits per heavy atom. The Labute approximate surface area is 118 Å². The summed E-state index contributed by atoms with van der Waals surface area (Å²) in [6.45, 7) is 5.24. The molecule has 0 fully saturated rings. The second kappa shape index (κ2) is 7.01. The molecule has 1 heterocycles. The topological polar surface area (TPSA) is 34.1 Å². The van der Waals surface area contributed by atoms with Crippen molar-refractivity contribution in [1.82, 2.24) is 10.3 Å². The van der Waals surface area contributed by atoms with Crippen molar-refractivity contribution in [1.29, 1.82) is 0 Å². The largest absolute Gasteiger partial charge is 0.473 e. The van der Waals surface area contributed by atoms with Crippen LogP contribution in [-0.2, 0) is 6.61 Å². The quantitative estimate of drug-likeness (QED) is 0.875. The minimum Gasteiger partial charge on any atom is -0.473 e. The normalized spacial score (nSPS) is 12.2. The van der Waals surface area contributed by atoms with Crippen molar-refractivity contribution in [2.75, 3.05) is 6.54 Å². The summed E-state index contributed by atoms with van der Waals surface area (Å²) in [4.78, 5) is 4.24. The molecule has 1 aromatic heterocycles. The van der Waals surface area contributed by atoms with Crippen LogP contribution in [0.1, 0.15) is 31.0 Å². The lowest BCUT2D eigenvalue weighted by Gasteiger charge is -2.12. The number of hydrogen-bond donors (Lipinski definition) is 1. The lowest BCUT2D eigenvalue weighted by Crippen LogP contribution is -2.17. The zero-order valence-electron chi connectivity index (χ0n) is 11.8. The summed E-state index contributed by atoms with van der Waals surface area (Å²) in [7, 11) is 0. The average Bonchev–Trinajstić information content (AvgIpc) is 2.47. The molecule has 2 rings (SSSR count). The van der Waals surface area contributed by atoms with Crippen LogP contribution in [0.2, 0.25) is 0 Å². The molecule has 0 amide bonds. The summed E-state index contributed by atoms with van der Waals surface area (Å²) in [5, 5.41) is 3.32. The Balaban J connectivity index is 1.96. The standard InChI is InChI=1S/C16H19FN2O/c1-3-18-12(2)13-8-9-16(19-10-13)20-11-14-6-4-5-7-15(14)17/h4-10,12,18H,3,11H2,1-2H3. The fourth-order valence-electron chi connectivity index (χ4n) is 1.92. The highest BCUT2D eigenvalue weighted by Gasteiger charge is 2.06. The zero-order valence-corrected chi connectivity index (χ0v) is 11.8. The van der Waals surface area contributed by atoms with Gasteiger partial charge < -0.3 is 10.1 Å². The van der Waals surface area contributed by atoms with Gasteiger partial charge in [0.25, 0.3) is 0 Å². The van der Waals surface area contributed by atoms with Gasteiger partial charge in [0, 0.05) is 23.9 Å². The van der Waals surface area contributed by atoms with Crippen molar-refractivity contribution in [3.8, 4) is 5.88 Å². The minimum absolute atomic E-state index is 0.182. The number of ether oxygens (including phenoxy) is 1. The van der Waals surface area contributed by atoms with E-state index >= 15 is 0 Å². The summed E-state index contributed by atoms with van der Waals surface area (Å²) < 4.78 is 18.9. The third-order valence-electron chi connectivity index (χ3n) is 3.10. The number of benzene rings is 1. The molecule has 1 aromatic carbocycles. The molecule has 3 nitrogen and oxygen atoms in total. The van der Waals surface area contributed by atoms with Crippen molar-refractivity contribution in [3.63, 3.8) is 0 Å². The average molecular weight is 274 g/mol. The first kappa shape index (κ1) is 14.5. The van der Waals surface area contributed by atoms with Gasteiger partial charge in [0.15, 0.2) is 0 Å². The second-order valence-corrected chi connectivity index (χ2v) is 4.59. The molecular formula is C16H19FN2O. The van der Waals surface area contributed by atoms with Gasteiger partial charge in [0.1, 0.15) is 12.4 Å². The Morgan fingerprint density at radius 2 is 2.05 bits per heavy atom. The molecule has 2 aromatic rings. The third-order valence-corrected chi connectivity index (χ3v) is 3.10. The smallest absolute Gasteiger partial charge is 0.213 e. The van der Waals surface area contributed by atoms with Crippen molar-refractivity contribution >= 4 is 0 Å². The lowest BCUT2D eigenvalue weighted by atomic mass is 10.1. The highest BCUT2D eigenvalue weighted by Crippen LogP contribution is 2.16. The molecule has 0 aliphatic heterocycles. The van der Waals surface area contributed by atoms with E-state index in [2.05, 4.69) is 24.1 Å². The molecule has 20 heavy (non-hydrogen) atoms. The van der Waals surface area contributed by atoms with E-state index in [-0.39, 0.29) is 18.5 Å². The van der Waals surface area contributed by atoms with Crippen LogP contribution in [0.3, 0.4) is 0 Å². The van der Waals surface area contributed by atoms with E-state index in [4.69, 9.17) is 4.74 Å². The van der Waals surface area contributed by atoms with E-state index in [0.717, 1.165) is 12.1 Å². The maximum Gasteiger partial charge on any atom is 0.213 e. The molecule has 106 valence electrons. The number of pyridine rings is 1. The van der Waals surface area contributed by atoms with Crippen LogP contribution in [0.15, 0.2) is 42.6 Å². The maximum absolute atomic E-state index is 13.4. The maximum atomic E-state index is 13.4. The van der Waals surface area contributed by atoms with Crippen molar-refractivity contribution in [2.45, 2.75) is 26.5 Å². The molecular weight excluding hydrogens is 255 g/mol. The number of rotatable bonds is 6. The van der Waals surface area contributed by atoms with Gasteiger partial charge >= 0.3 is 0 Å². The number of aromatic nitrogens is 1. The van der Waals surface area contributed by atoms with Gasteiger partial charge in [-0.25, -0.2) is 9.37 Å². The minimum atomic E-state index is -0.259. The van der Waals surface area contributed by atoms with E-state index in [1.54, 1.807) is 24.4 Å². The fraction of sp³-hybridized carbons (Fsp3) is 0.312. The Bertz CT molecular complexity index is 542. The predicted octanol–water partition coefficient (Wildman–Crippen LogP) is 3.47. The van der Waals surface area contributed by atoms with Crippen LogP contribution in [0.25, 0.3) is 0 Å². The SMILES string of the molecule is CCNC(C)c1ccc(OCc2ccccc2F)nc1. The summed E-state index contributed by atoms with van der Waals surface area (Å²) in [5.74, 6) is 0.241. The van der Waals surface area contributed by atoms with Gasteiger partial charge in [-0.05, 0) is 25.1 Å². The number of hydrogen-bond acceptors (Lipinski definition) is 3. The third kappa shape index (κ3) is 3.78. The van der Waals surface area contributed by atoms with Crippen molar-refractivity contribution < 1.29 is 9.13 Å². The van der Waals surface area contributed by atoms with Gasteiger partial charge in [0.2, 0.25) is 5.88 Å². The van der Waals surface area contributed by atoms with E-state index in [9.17, 15) is 4.39 Å². The highest BCUT2D eigenvalue weighted by atomic mass is 19.1. The first-order valence-corrected chi connectivity index (χ1v) is 6.76. The molecule has 0 aliphatic carbocycles. The summed E-state index contributed by atoms with van der Waals surface area (Å²) >= 11 is 0. The molecule has 0 spiro atoms. The number of halogens is 1. The van der Waals surface area contributed by atoms with Crippen molar-refractivity contribution in [2.24, 2.45) is 0 Å². The van der Waals surface area contributed by atoms with Gasteiger partial charge in [-0.1, -0.05) is 31.2 Å². The molecule has 0 saturated heterocycles. The molecule has 0 aliphatic rings. The fourth-order valence-corrected chi connectivity index (χ4v) is 1.92. The molecule has 4 heteroatoms. The van der Waals surface area contributed by atoms with Gasteiger partial charge in [0.05, 0.1) is 0 Å². The monoisotopic (exact) mass is 274 g/mol. The van der Waals surface area contributed by atoms with Crippen molar-refractivity contribution in [3.05, 3.63) is 59.5 Å². The van der Waals surface area contributed by atoms with E-state index in [1.165, 1.54) is 6.07 Å². The van der Waals surface area contributed by atoms with Gasteiger partial charge in [-0.15, -0.1) is 0 Å². The van der Waals surface area contributed by atoms with Gasteiger partial charge in [-0.2, -0.15) is 0 Å². The van der Waals surface area contributed by atoms with E-state index in [1.807, 2.05) is 12.1 Å². The Morgan fingerprint density at radius 1 is 1.25 bits per heavy atom. The zero-order chi connectivity index (χ0) is 14.4.